The van der Waals surface area contributed by atoms with E-state index in [2.05, 4.69) is 15.5 Å². The van der Waals surface area contributed by atoms with Gasteiger partial charge in [0, 0.05) is 29.6 Å². The van der Waals surface area contributed by atoms with E-state index in [1.807, 2.05) is 0 Å². The van der Waals surface area contributed by atoms with E-state index < -0.39 is 54.6 Å². The Hall–Kier alpha value is -2.80. The molecule has 0 fully saturated rings. The van der Waals surface area contributed by atoms with Crippen LogP contribution in [0.4, 0.5) is 32.2 Å². The van der Waals surface area contributed by atoms with Crippen LogP contribution in [0.25, 0.3) is 0 Å². The van der Waals surface area contributed by atoms with Crippen LogP contribution in [0.3, 0.4) is 0 Å². The number of alkyl halides is 6. The fraction of sp³-hybridized carbons (Fsp3) is 0.421. The standard InChI is InChI=1S/C19H16ClF6N5O2/c1-9-8-17(33,19(24,25)26)31(28-9)16(32)13-7-15-27-12(10-2-4-11(20)5-3-10)6-14(18(21,22)23)30(15)29-13/h2-5,7,12,14,27,33H,6,8H2,1H3/t12-,14+,17-/m1/s1. The number of hydrogen-bond acceptors (Lipinski definition) is 5. The van der Waals surface area contributed by atoms with E-state index in [1.54, 1.807) is 0 Å². The molecule has 2 N–H and O–H groups in total. The number of nitrogens with one attached hydrogen (secondary N) is 1. The number of anilines is 1. The number of aliphatic hydroxyl groups is 1. The highest BCUT2D eigenvalue weighted by atomic mass is 35.5. The number of hydrogen-bond donors (Lipinski definition) is 2. The van der Waals surface area contributed by atoms with Crippen molar-refractivity contribution in [3.05, 3.63) is 46.6 Å². The molecule has 2 aromatic rings. The summed E-state index contributed by atoms with van der Waals surface area (Å²) in [5, 5.41) is 20.2. The van der Waals surface area contributed by atoms with E-state index in [0.29, 0.717) is 15.3 Å². The highest BCUT2D eigenvalue weighted by Gasteiger charge is 2.63. The van der Waals surface area contributed by atoms with Crippen molar-refractivity contribution in [2.24, 2.45) is 5.10 Å². The van der Waals surface area contributed by atoms with Crippen LogP contribution in [0.15, 0.2) is 35.4 Å². The van der Waals surface area contributed by atoms with Gasteiger partial charge in [-0.3, -0.25) is 4.79 Å². The van der Waals surface area contributed by atoms with Crippen molar-refractivity contribution >= 4 is 29.0 Å². The van der Waals surface area contributed by atoms with Crippen LogP contribution >= 0.6 is 11.6 Å². The predicted molar refractivity (Wildman–Crippen MR) is 105 cm³/mol. The Bertz CT molecular complexity index is 1110. The molecule has 0 saturated carbocycles. The van der Waals surface area contributed by atoms with Gasteiger partial charge in [0.2, 0.25) is 0 Å². The van der Waals surface area contributed by atoms with Crippen LogP contribution in [-0.2, 0) is 0 Å². The van der Waals surface area contributed by atoms with Crippen LogP contribution in [-0.4, -0.2) is 49.6 Å². The van der Waals surface area contributed by atoms with Crippen molar-refractivity contribution in [1.29, 1.82) is 0 Å². The van der Waals surface area contributed by atoms with Crippen LogP contribution in [0.5, 0.6) is 0 Å². The molecule has 0 saturated heterocycles. The normalized spacial score (nSPS) is 25.5. The van der Waals surface area contributed by atoms with Gasteiger partial charge in [0.05, 0.1) is 6.04 Å². The third kappa shape index (κ3) is 4.03. The smallest absolute Gasteiger partial charge is 0.363 e. The molecule has 0 radical (unpaired) electrons. The van der Waals surface area contributed by atoms with Crippen molar-refractivity contribution in [1.82, 2.24) is 14.8 Å². The number of aromatic nitrogens is 2. The van der Waals surface area contributed by atoms with Crippen molar-refractivity contribution in [3.8, 4) is 0 Å². The number of carbonyl (C=O) groups is 1. The number of fused-ring (bicyclic) bond motifs is 1. The van der Waals surface area contributed by atoms with Gasteiger partial charge in [-0.15, -0.1) is 0 Å². The van der Waals surface area contributed by atoms with Gasteiger partial charge in [0.25, 0.3) is 11.6 Å². The van der Waals surface area contributed by atoms with E-state index in [1.165, 1.54) is 31.2 Å². The third-order valence-corrected chi connectivity index (χ3v) is 5.70. The Balaban J connectivity index is 1.72. The van der Waals surface area contributed by atoms with E-state index in [9.17, 15) is 36.2 Å². The summed E-state index contributed by atoms with van der Waals surface area (Å²) in [5.74, 6) is -1.71. The first-order chi connectivity index (χ1) is 15.2. The lowest BCUT2D eigenvalue weighted by molar-refractivity contribution is -0.297. The molecule has 33 heavy (non-hydrogen) atoms. The first-order valence-corrected chi connectivity index (χ1v) is 9.94. The average molecular weight is 496 g/mol. The second-order valence-corrected chi connectivity index (χ2v) is 8.28. The molecule has 3 atom stereocenters. The summed E-state index contributed by atoms with van der Waals surface area (Å²) < 4.78 is 82.2. The van der Waals surface area contributed by atoms with Crippen LogP contribution in [0.1, 0.15) is 47.9 Å². The topological polar surface area (TPSA) is 82.8 Å². The number of hydrazone groups is 1. The Morgan fingerprint density at radius 2 is 1.85 bits per heavy atom. The van der Waals surface area contributed by atoms with Crippen LogP contribution in [0, 0.1) is 0 Å². The molecule has 1 aromatic heterocycles. The zero-order valence-corrected chi connectivity index (χ0v) is 17.5. The summed E-state index contributed by atoms with van der Waals surface area (Å²) in [6.07, 6.45) is -11.5. The minimum atomic E-state index is -5.25. The summed E-state index contributed by atoms with van der Waals surface area (Å²) >= 11 is 5.83. The van der Waals surface area contributed by atoms with Gasteiger partial charge in [-0.1, -0.05) is 23.7 Å². The molecule has 178 valence electrons. The fourth-order valence-corrected chi connectivity index (χ4v) is 3.98. The fourth-order valence-electron chi connectivity index (χ4n) is 3.85. The molecule has 2 aliphatic heterocycles. The average Bonchev–Trinajstić information content (AvgIpc) is 3.27. The Morgan fingerprint density at radius 3 is 2.42 bits per heavy atom. The lowest BCUT2D eigenvalue weighted by atomic mass is 9.97. The minimum absolute atomic E-state index is 0.179. The molecule has 1 amide bonds. The highest BCUT2D eigenvalue weighted by molar-refractivity contribution is 6.30. The molecule has 1 aromatic carbocycles. The molecular formula is C19H16ClF6N5O2. The van der Waals surface area contributed by atoms with Gasteiger partial charge in [-0.2, -0.15) is 41.6 Å². The first kappa shape index (κ1) is 23.4. The summed E-state index contributed by atoms with van der Waals surface area (Å²) in [6, 6.07) is 4.01. The third-order valence-electron chi connectivity index (χ3n) is 5.45. The molecule has 0 aliphatic carbocycles. The van der Waals surface area contributed by atoms with Crippen molar-refractivity contribution < 1.29 is 36.2 Å². The second kappa shape index (κ2) is 7.62. The summed E-state index contributed by atoms with van der Waals surface area (Å²) in [4.78, 5) is 12.8. The Labute approximate surface area is 187 Å². The van der Waals surface area contributed by atoms with Crippen molar-refractivity contribution in [3.63, 3.8) is 0 Å². The number of amides is 1. The van der Waals surface area contributed by atoms with Gasteiger partial charge in [-0.25, -0.2) is 4.68 Å². The van der Waals surface area contributed by atoms with Crippen molar-refractivity contribution in [2.45, 2.75) is 49.9 Å². The number of nitrogens with zero attached hydrogens (tertiary/aromatic N) is 4. The maximum atomic E-state index is 13.8. The maximum Gasteiger partial charge on any atom is 0.438 e. The number of benzene rings is 1. The van der Waals surface area contributed by atoms with Gasteiger partial charge in [0.15, 0.2) is 11.7 Å². The SMILES string of the molecule is CC1=NN(C(=O)c2cc3n(n2)[C@H](C(F)(F)F)C[C@H](c2ccc(Cl)cc2)N3)[C@](O)(C(F)(F)F)C1. The number of halogens is 7. The monoisotopic (exact) mass is 495 g/mol. The van der Waals surface area contributed by atoms with E-state index in [0.717, 1.165) is 6.07 Å². The molecule has 2 aliphatic rings. The van der Waals surface area contributed by atoms with Gasteiger partial charge in [-0.05, 0) is 24.6 Å². The molecule has 0 spiro atoms. The predicted octanol–water partition coefficient (Wildman–Crippen LogP) is 4.67. The Morgan fingerprint density at radius 1 is 1.21 bits per heavy atom. The minimum Gasteiger partial charge on any atom is -0.363 e. The van der Waals surface area contributed by atoms with Gasteiger partial charge in [0.1, 0.15) is 5.82 Å². The van der Waals surface area contributed by atoms with Gasteiger partial charge < -0.3 is 10.4 Å². The largest absolute Gasteiger partial charge is 0.438 e. The van der Waals surface area contributed by atoms with Gasteiger partial charge >= 0.3 is 12.4 Å². The lowest BCUT2D eigenvalue weighted by Crippen LogP contribution is -2.56. The molecule has 0 unspecified atom stereocenters. The Kier molecular flexibility index (Phi) is 5.39. The molecule has 14 heteroatoms. The zero-order chi connectivity index (χ0) is 24.3. The summed E-state index contributed by atoms with van der Waals surface area (Å²) in [7, 11) is 0. The summed E-state index contributed by atoms with van der Waals surface area (Å²) in [6.45, 7) is 1.18. The first-order valence-electron chi connectivity index (χ1n) is 9.57. The molecular weight excluding hydrogens is 480 g/mol. The molecule has 7 nitrogen and oxygen atoms in total. The molecule has 0 bridgehead atoms. The quantitative estimate of drug-likeness (QED) is 0.593. The molecule has 3 heterocycles. The second-order valence-electron chi connectivity index (χ2n) is 7.84. The van der Waals surface area contributed by atoms with Crippen molar-refractivity contribution in [2.75, 3.05) is 5.32 Å². The molecule has 4 rings (SSSR count). The zero-order valence-electron chi connectivity index (χ0n) is 16.7. The van der Waals surface area contributed by atoms with E-state index in [-0.39, 0.29) is 16.5 Å². The number of rotatable bonds is 2. The highest BCUT2D eigenvalue weighted by Crippen LogP contribution is 2.45. The van der Waals surface area contributed by atoms with E-state index in [4.69, 9.17) is 11.6 Å². The maximum absolute atomic E-state index is 13.8. The summed E-state index contributed by atoms with van der Waals surface area (Å²) in [5.41, 5.74) is -4.05. The lowest BCUT2D eigenvalue weighted by Gasteiger charge is -2.33. The van der Waals surface area contributed by atoms with Crippen LogP contribution < -0.4 is 5.32 Å². The van der Waals surface area contributed by atoms with E-state index >= 15 is 0 Å². The van der Waals surface area contributed by atoms with Crippen LogP contribution in [0.2, 0.25) is 5.02 Å². The number of carbonyl (C=O) groups excluding carboxylic acids is 1.